The van der Waals surface area contributed by atoms with Crippen LogP contribution in [0.2, 0.25) is 0 Å². The Morgan fingerprint density at radius 3 is 2.07 bits per heavy atom. The van der Waals surface area contributed by atoms with Crippen LogP contribution >= 0.6 is 0 Å². The van der Waals surface area contributed by atoms with Gasteiger partial charge in [0.2, 0.25) is 5.79 Å². The lowest BCUT2D eigenvalue weighted by Crippen LogP contribution is -2.44. The minimum atomic E-state index is -4.00. The van der Waals surface area contributed by atoms with Gasteiger partial charge < -0.3 is 14.2 Å². The fourth-order valence-electron chi connectivity index (χ4n) is 3.35. The fourth-order valence-corrected chi connectivity index (χ4v) is 4.46. The van der Waals surface area contributed by atoms with Crippen molar-refractivity contribution in [3.8, 4) is 5.75 Å². The van der Waals surface area contributed by atoms with Gasteiger partial charge in [-0.1, -0.05) is 36.4 Å². The van der Waals surface area contributed by atoms with E-state index in [9.17, 15) is 8.42 Å². The molecule has 29 heavy (non-hydrogen) atoms. The largest absolute Gasteiger partial charge is 0.497 e. The molecule has 3 rings (SSSR count). The van der Waals surface area contributed by atoms with Gasteiger partial charge in [0.15, 0.2) is 0 Å². The highest BCUT2D eigenvalue weighted by molar-refractivity contribution is 7.86. The van der Waals surface area contributed by atoms with Gasteiger partial charge in [-0.05, 0) is 48.0 Å². The first-order valence-electron chi connectivity index (χ1n) is 9.03. The smallest absolute Gasteiger partial charge is 0.297 e. The maximum Gasteiger partial charge on any atom is 0.297 e. The van der Waals surface area contributed by atoms with E-state index >= 15 is 0 Å². The molecular weight excluding hydrogens is 392 g/mol. The highest BCUT2D eigenvalue weighted by Gasteiger charge is 2.42. The average molecular weight is 416 g/mol. The fraction of sp³-hybridized carbons (Fsp3) is 0.273. The second kappa shape index (κ2) is 8.51. The van der Waals surface area contributed by atoms with Gasteiger partial charge in [-0.15, -0.1) is 0 Å². The van der Waals surface area contributed by atoms with Crippen molar-refractivity contribution in [2.75, 3.05) is 21.3 Å². The number of fused-ring (bicyclic) bond motifs is 1. The van der Waals surface area contributed by atoms with Crippen LogP contribution in [-0.4, -0.2) is 35.9 Å². The van der Waals surface area contributed by atoms with Crippen LogP contribution in [0.1, 0.15) is 12.5 Å². The molecule has 0 amide bonds. The third-order valence-corrected chi connectivity index (χ3v) is 6.29. The number of hydrogen-bond acceptors (Lipinski definition) is 6. The Balaban J connectivity index is 1.99. The molecule has 0 aliphatic rings. The molecule has 0 fully saturated rings. The van der Waals surface area contributed by atoms with E-state index in [-0.39, 0.29) is 4.90 Å². The number of hydrogen-bond donors (Lipinski definition) is 0. The summed E-state index contributed by atoms with van der Waals surface area (Å²) < 4.78 is 47.5. The van der Waals surface area contributed by atoms with Crippen molar-refractivity contribution >= 4 is 20.9 Å². The van der Waals surface area contributed by atoms with E-state index in [0.717, 1.165) is 16.5 Å². The normalized spacial score (nSPS) is 13.4. The first-order valence-corrected chi connectivity index (χ1v) is 10.4. The summed E-state index contributed by atoms with van der Waals surface area (Å²) in [4.78, 5) is 0.0681. The summed E-state index contributed by atoms with van der Waals surface area (Å²) in [6.45, 7) is 1.60. The predicted molar refractivity (Wildman–Crippen MR) is 110 cm³/mol. The third kappa shape index (κ3) is 4.13. The van der Waals surface area contributed by atoms with E-state index in [0.29, 0.717) is 5.56 Å². The highest BCUT2D eigenvalue weighted by atomic mass is 32.2. The molecule has 0 N–H and O–H groups in total. The molecule has 0 saturated carbocycles. The van der Waals surface area contributed by atoms with Crippen LogP contribution < -0.4 is 4.74 Å². The van der Waals surface area contributed by atoms with Crippen LogP contribution in [0.25, 0.3) is 10.8 Å². The van der Waals surface area contributed by atoms with Crippen molar-refractivity contribution in [2.45, 2.75) is 23.7 Å². The van der Waals surface area contributed by atoms with Gasteiger partial charge in [0.05, 0.1) is 12.0 Å². The van der Waals surface area contributed by atoms with Gasteiger partial charge in [0.25, 0.3) is 10.1 Å². The van der Waals surface area contributed by atoms with E-state index in [1.807, 2.05) is 36.4 Å². The summed E-state index contributed by atoms with van der Waals surface area (Å²) >= 11 is 0. The maximum atomic E-state index is 12.7. The minimum absolute atomic E-state index is 0.0681. The molecule has 0 heterocycles. The van der Waals surface area contributed by atoms with E-state index in [1.54, 1.807) is 32.2 Å². The van der Waals surface area contributed by atoms with Crippen molar-refractivity contribution < 1.29 is 26.8 Å². The van der Waals surface area contributed by atoms with E-state index < -0.39 is 22.0 Å². The molecule has 3 aromatic carbocycles. The van der Waals surface area contributed by atoms with Gasteiger partial charge in [-0.2, -0.15) is 8.42 Å². The lowest BCUT2D eigenvalue weighted by atomic mass is 9.97. The molecule has 0 aliphatic carbocycles. The zero-order valence-electron chi connectivity index (χ0n) is 16.8. The highest BCUT2D eigenvalue weighted by Crippen LogP contribution is 2.35. The van der Waals surface area contributed by atoms with Crippen molar-refractivity contribution in [2.24, 2.45) is 0 Å². The maximum absolute atomic E-state index is 12.7. The van der Waals surface area contributed by atoms with Crippen LogP contribution in [0.5, 0.6) is 5.75 Å². The van der Waals surface area contributed by atoms with E-state index in [4.69, 9.17) is 18.4 Å². The Hall–Kier alpha value is -2.45. The molecule has 0 radical (unpaired) electrons. The minimum Gasteiger partial charge on any atom is -0.497 e. The Kier molecular flexibility index (Phi) is 6.24. The summed E-state index contributed by atoms with van der Waals surface area (Å²) in [6, 6.07) is 19.3. The quantitative estimate of drug-likeness (QED) is 0.407. The van der Waals surface area contributed by atoms with Crippen molar-refractivity contribution in [1.29, 1.82) is 0 Å². The molecule has 0 saturated heterocycles. The van der Waals surface area contributed by atoms with Crippen molar-refractivity contribution in [1.82, 2.24) is 0 Å². The molecule has 0 bridgehead atoms. The number of methoxy groups -OCH3 is 3. The average Bonchev–Trinajstić information content (AvgIpc) is 2.75. The molecular formula is C22H24O6S. The van der Waals surface area contributed by atoms with Crippen molar-refractivity contribution in [3.05, 3.63) is 72.3 Å². The van der Waals surface area contributed by atoms with Gasteiger partial charge in [-0.25, -0.2) is 0 Å². The SMILES string of the molecule is COc1ccc2cc(C(OC)(OC)C(C)OS(=O)(=O)c3ccccc3)ccc2c1. The lowest BCUT2D eigenvalue weighted by Gasteiger charge is -2.36. The van der Waals surface area contributed by atoms with E-state index in [2.05, 4.69) is 0 Å². The molecule has 7 heteroatoms. The standard InChI is InChI=1S/C22H24O6S/c1-16(28-29(23,24)21-8-6-5-7-9-21)22(26-3,27-4)19-12-10-18-15-20(25-2)13-11-17(18)14-19/h5-16H,1-4H3. The van der Waals surface area contributed by atoms with E-state index in [1.165, 1.54) is 26.4 Å². The molecule has 0 aliphatic heterocycles. The monoisotopic (exact) mass is 416 g/mol. The molecule has 0 spiro atoms. The predicted octanol–water partition coefficient (Wildman–Crippen LogP) is 4.09. The van der Waals surface area contributed by atoms with Crippen LogP contribution in [0.3, 0.4) is 0 Å². The van der Waals surface area contributed by atoms with Gasteiger partial charge in [0, 0.05) is 19.8 Å². The van der Waals surface area contributed by atoms with Crippen molar-refractivity contribution in [3.63, 3.8) is 0 Å². The molecule has 1 atom stereocenters. The Bertz CT molecular complexity index is 1070. The molecule has 0 aromatic heterocycles. The van der Waals surface area contributed by atoms with Crippen LogP contribution in [0.4, 0.5) is 0 Å². The Morgan fingerprint density at radius 2 is 1.45 bits per heavy atom. The van der Waals surface area contributed by atoms with Gasteiger partial charge in [-0.3, -0.25) is 4.18 Å². The lowest BCUT2D eigenvalue weighted by molar-refractivity contribution is -0.257. The topological polar surface area (TPSA) is 71.1 Å². The first kappa shape index (κ1) is 21.3. The molecule has 1 unspecified atom stereocenters. The number of rotatable bonds is 8. The summed E-state index contributed by atoms with van der Waals surface area (Å²) in [7, 11) is 0.525. The third-order valence-electron chi connectivity index (χ3n) is 4.89. The molecule has 6 nitrogen and oxygen atoms in total. The van der Waals surface area contributed by atoms with Gasteiger partial charge in [0.1, 0.15) is 11.9 Å². The Morgan fingerprint density at radius 1 is 0.828 bits per heavy atom. The second-order valence-corrected chi connectivity index (χ2v) is 8.08. The second-order valence-electron chi connectivity index (χ2n) is 6.51. The number of benzene rings is 3. The van der Waals surface area contributed by atoms with Gasteiger partial charge >= 0.3 is 0 Å². The summed E-state index contributed by atoms with van der Waals surface area (Å²) in [5.41, 5.74) is 0.635. The zero-order valence-corrected chi connectivity index (χ0v) is 17.6. The molecule has 3 aromatic rings. The summed E-state index contributed by atoms with van der Waals surface area (Å²) in [6.07, 6.45) is -0.960. The summed E-state index contributed by atoms with van der Waals surface area (Å²) in [5, 5.41) is 1.90. The van der Waals surface area contributed by atoms with Crippen LogP contribution in [0, 0.1) is 0 Å². The first-order chi connectivity index (χ1) is 13.9. The van der Waals surface area contributed by atoms with Crippen LogP contribution in [0.15, 0.2) is 71.6 Å². The zero-order chi connectivity index (χ0) is 21.1. The molecule has 154 valence electrons. The number of ether oxygens (including phenoxy) is 3. The van der Waals surface area contributed by atoms with Crippen LogP contribution in [-0.2, 0) is 29.6 Å². The summed E-state index contributed by atoms with van der Waals surface area (Å²) in [5.74, 6) is -0.670. The Labute approximate surface area is 171 Å².